The Labute approximate surface area is 115 Å². The van der Waals surface area contributed by atoms with Crippen molar-refractivity contribution in [1.82, 2.24) is 4.90 Å². The summed E-state index contributed by atoms with van der Waals surface area (Å²) in [6.07, 6.45) is 5.40. The van der Waals surface area contributed by atoms with Gasteiger partial charge in [-0.3, -0.25) is 4.90 Å². The van der Waals surface area contributed by atoms with Crippen LogP contribution >= 0.6 is 24.0 Å². The minimum Gasteiger partial charge on any atom is -0.295 e. The monoisotopic (exact) mass is 269 g/mol. The smallest absolute Gasteiger partial charge is 0.0330 e. The third-order valence-corrected chi connectivity index (χ3v) is 4.83. The normalized spacial score (nSPS) is 17.6. The van der Waals surface area contributed by atoms with Gasteiger partial charge in [-0.1, -0.05) is 19.4 Å². The highest BCUT2D eigenvalue weighted by Gasteiger charge is 2.30. The molecule has 0 N–H and O–H groups in total. The van der Waals surface area contributed by atoms with Crippen LogP contribution in [0, 0.1) is 5.92 Å². The lowest BCUT2D eigenvalue weighted by molar-refractivity contribution is 0.218. The van der Waals surface area contributed by atoms with Crippen molar-refractivity contribution in [1.29, 1.82) is 0 Å². The van der Waals surface area contributed by atoms with Crippen LogP contribution in [0.2, 0.25) is 0 Å². The van der Waals surface area contributed by atoms with Gasteiger partial charge in [0.25, 0.3) is 0 Å². The van der Waals surface area contributed by atoms with E-state index in [0.717, 1.165) is 24.3 Å². The number of hydrogen-bond donors (Lipinski definition) is 1. The lowest BCUT2D eigenvalue weighted by atomic mass is 10.1. The highest BCUT2D eigenvalue weighted by Crippen LogP contribution is 2.30. The van der Waals surface area contributed by atoms with Gasteiger partial charge in [-0.2, -0.15) is 12.6 Å². The van der Waals surface area contributed by atoms with E-state index in [2.05, 4.69) is 42.0 Å². The fourth-order valence-electron chi connectivity index (χ4n) is 2.37. The average molecular weight is 269 g/mol. The summed E-state index contributed by atoms with van der Waals surface area (Å²) in [5.74, 6) is 1.80. The zero-order valence-corrected chi connectivity index (χ0v) is 12.4. The molecule has 0 spiro atoms. The molecule has 1 aromatic rings. The van der Waals surface area contributed by atoms with E-state index in [9.17, 15) is 0 Å². The van der Waals surface area contributed by atoms with Crippen LogP contribution in [-0.4, -0.2) is 23.2 Å². The second kappa shape index (κ2) is 6.81. The zero-order chi connectivity index (χ0) is 12.1. The first kappa shape index (κ1) is 13.4. The Morgan fingerprint density at radius 2 is 2.35 bits per heavy atom. The molecule has 1 atom stereocenters. The predicted molar refractivity (Wildman–Crippen MR) is 80.0 cm³/mol. The second-order valence-corrected chi connectivity index (χ2v) is 6.47. The summed E-state index contributed by atoms with van der Waals surface area (Å²) in [7, 11) is 0. The lowest BCUT2D eigenvalue weighted by Crippen LogP contribution is -2.31. The van der Waals surface area contributed by atoms with Gasteiger partial charge in [-0.05, 0) is 42.4 Å². The van der Waals surface area contributed by atoms with E-state index in [1.165, 1.54) is 37.1 Å². The summed E-state index contributed by atoms with van der Waals surface area (Å²) in [6, 6.07) is 5.28. The van der Waals surface area contributed by atoms with Gasteiger partial charge < -0.3 is 0 Å². The van der Waals surface area contributed by atoms with E-state index in [1.807, 2.05) is 11.3 Å². The van der Waals surface area contributed by atoms with Crippen molar-refractivity contribution in [3.63, 3.8) is 0 Å². The van der Waals surface area contributed by atoms with Crippen LogP contribution in [0.3, 0.4) is 0 Å². The minimum atomic E-state index is 0.767. The molecule has 3 heteroatoms. The van der Waals surface area contributed by atoms with Crippen LogP contribution in [0.15, 0.2) is 17.5 Å². The molecule has 1 fully saturated rings. The molecule has 1 unspecified atom stereocenters. The van der Waals surface area contributed by atoms with E-state index in [-0.39, 0.29) is 0 Å². The summed E-state index contributed by atoms with van der Waals surface area (Å²) in [4.78, 5) is 4.19. The molecular formula is C14H23NS2. The topological polar surface area (TPSA) is 3.24 Å². The standard InChI is InChI=1S/C14H23NS2/c1-2-4-12(11-16)9-15(13-6-7-13)10-14-5-3-8-17-14/h3,5,8,12-13,16H,2,4,6-7,9-11H2,1H3. The highest BCUT2D eigenvalue weighted by molar-refractivity contribution is 7.80. The molecule has 0 aliphatic heterocycles. The summed E-state index contributed by atoms with van der Waals surface area (Å²) in [6.45, 7) is 4.66. The number of nitrogens with zero attached hydrogens (tertiary/aromatic N) is 1. The van der Waals surface area contributed by atoms with E-state index in [0.29, 0.717) is 0 Å². The van der Waals surface area contributed by atoms with Crippen molar-refractivity contribution in [3.8, 4) is 0 Å². The Bertz CT molecular complexity index is 306. The maximum Gasteiger partial charge on any atom is 0.0330 e. The van der Waals surface area contributed by atoms with E-state index < -0.39 is 0 Å². The Morgan fingerprint density at radius 1 is 1.53 bits per heavy atom. The molecule has 0 amide bonds. The van der Waals surface area contributed by atoms with E-state index >= 15 is 0 Å². The molecule has 1 aliphatic rings. The number of rotatable bonds is 8. The molecule has 0 bridgehead atoms. The summed E-state index contributed by atoms with van der Waals surface area (Å²) >= 11 is 6.39. The first-order valence-corrected chi connectivity index (χ1v) is 8.22. The van der Waals surface area contributed by atoms with Gasteiger partial charge in [0.2, 0.25) is 0 Å². The maximum atomic E-state index is 4.50. The van der Waals surface area contributed by atoms with Crippen molar-refractivity contribution >= 4 is 24.0 Å². The first-order valence-electron chi connectivity index (χ1n) is 6.70. The quantitative estimate of drug-likeness (QED) is 0.697. The minimum absolute atomic E-state index is 0.767. The van der Waals surface area contributed by atoms with E-state index in [1.54, 1.807) is 0 Å². The van der Waals surface area contributed by atoms with Crippen LogP contribution in [0.4, 0.5) is 0 Å². The third-order valence-electron chi connectivity index (χ3n) is 3.45. The lowest BCUT2D eigenvalue weighted by Gasteiger charge is -2.26. The molecule has 0 aromatic carbocycles. The fraction of sp³-hybridized carbons (Fsp3) is 0.714. The molecule has 17 heavy (non-hydrogen) atoms. The first-order chi connectivity index (χ1) is 8.33. The molecule has 1 saturated carbocycles. The van der Waals surface area contributed by atoms with Crippen molar-refractivity contribution in [3.05, 3.63) is 22.4 Å². The second-order valence-electron chi connectivity index (χ2n) is 5.08. The van der Waals surface area contributed by atoms with Gasteiger partial charge in [-0.15, -0.1) is 11.3 Å². The predicted octanol–water partition coefficient (Wildman–Crippen LogP) is 4.06. The van der Waals surface area contributed by atoms with Gasteiger partial charge in [0.1, 0.15) is 0 Å². The number of thiol groups is 1. The molecule has 0 saturated heterocycles. The molecule has 0 radical (unpaired) electrons. The van der Waals surface area contributed by atoms with Gasteiger partial charge in [0.15, 0.2) is 0 Å². The molecule has 1 nitrogen and oxygen atoms in total. The van der Waals surface area contributed by atoms with Crippen LogP contribution in [0.1, 0.15) is 37.5 Å². The van der Waals surface area contributed by atoms with Crippen molar-refractivity contribution in [2.24, 2.45) is 5.92 Å². The average Bonchev–Trinajstić information content (AvgIpc) is 3.06. The largest absolute Gasteiger partial charge is 0.295 e. The summed E-state index contributed by atoms with van der Waals surface area (Å²) in [5.41, 5.74) is 0. The van der Waals surface area contributed by atoms with Crippen LogP contribution in [-0.2, 0) is 6.54 Å². The molecule has 1 aliphatic carbocycles. The van der Waals surface area contributed by atoms with Crippen molar-refractivity contribution in [2.45, 2.75) is 45.2 Å². The van der Waals surface area contributed by atoms with Crippen molar-refractivity contribution in [2.75, 3.05) is 12.3 Å². The summed E-state index contributed by atoms with van der Waals surface area (Å²) in [5, 5.41) is 2.18. The SMILES string of the molecule is CCCC(CS)CN(Cc1cccs1)C1CC1. The van der Waals surface area contributed by atoms with Crippen LogP contribution < -0.4 is 0 Å². The fourth-order valence-corrected chi connectivity index (χ4v) is 3.39. The molecule has 2 rings (SSSR count). The Kier molecular flexibility index (Phi) is 5.39. The Hall–Kier alpha value is 0.01000. The van der Waals surface area contributed by atoms with Crippen LogP contribution in [0.25, 0.3) is 0 Å². The van der Waals surface area contributed by atoms with E-state index in [4.69, 9.17) is 0 Å². The molecular weight excluding hydrogens is 246 g/mol. The Morgan fingerprint density at radius 3 is 2.88 bits per heavy atom. The Balaban J connectivity index is 1.88. The van der Waals surface area contributed by atoms with Gasteiger partial charge >= 0.3 is 0 Å². The third kappa shape index (κ3) is 4.31. The van der Waals surface area contributed by atoms with Gasteiger partial charge in [0.05, 0.1) is 0 Å². The number of hydrogen-bond acceptors (Lipinski definition) is 3. The summed E-state index contributed by atoms with van der Waals surface area (Å²) < 4.78 is 0. The maximum absolute atomic E-state index is 4.50. The van der Waals surface area contributed by atoms with Gasteiger partial charge in [0, 0.05) is 24.0 Å². The molecule has 96 valence electrons. The molecule has 1 aromatic heterocycles. The van der Waals surface area contributed by atoms with Crippen molar-refractivity contribution < 1.29 is 0 Å². The van der Waals surface area contributed by atoms with Crippen LogP contribution in [0.5, 0.6) is 0 Å². The zero-order valence-electron chi connectivity index (χ0n) is 10.6. The van der Waals surface area contributed by atoms with Gasteiger partial charge in [-0.25, -0.2) is 0 Å². The highest BCUT2D eigenvalue weighted by atomic mass is 32.1. The molecule has 1 heterocycles. The number of thiophene rings is 1.